The summed E-state index contributed by atoms with van der Waals surface area (Å²) in [6.45, 7) is 5.98. The lowest BCUT2D eigenvalue weighted by Gasteiger charge is -2.12. The van der Waals surface area contributed by atoms with Crippen molar-refractivity contribution in [1.29, 1.82) is 0 Å². The van der Waals surface area contributed by atoms with Gasteiger partial charge in [0.1, 0.15) is 24.8 Å². The number of aromatic nitrogens is 2. The van der Waals surface area contributed by atoms with Crippen molar-refractivity contribution in [2.24, 2.45) is 0 Å². The summed E-state index contributed by atoms with van der Waals surface area (Å²) in [5.41, 5.74) is 4.47. The summed E-state index contributed by atoms with van der Waals surface area (Å²) in [6.07, 6.45) is 0. The van der Waals surface area contributed by atoms with Gasteiger partial charge in [-0.3, -0.25) is 0 Å². The van der Waals surface area contributed by atoms with Crippen molar-refractivity contribution in [1.82, 2.24) is 9.55 Å². The van der Waals surface area contributed by atoms with Crippen molar-refractivity contribution in [2.45, 2.75) is 27.0 Å². The molecule has 3 aromatic rings. The Morgan fingerprint density at radius 1 is 1.09 bits per heavy atom. The molecule has 0 saturated heterocycles. The van der Waals surface area contributed by atoms with Crippen LogP contribution in [-0.2, 0) is 17.9 Å². The summed E-state index contributed by atoms with van der Waals surface area (Å²) in [4.78, 5) is 4.64. The van der Waals surface area contributed by atoms with Gasteiger partial charge in [-0.15, -0.1) is 0 Å². The topological polar surface area (TPSA) is 36.3 Å². The molecule has 120 valence electrons. The van der Waals surface area contributed by atoms with E-state index in [0.29, 0.717) is 13.2 Å². The Morgan fingerprint density at radius 2 is 1.91 bits per heavy atom. The van der Waals surface area contributed by atoms with Gasteiger partial charge in [-0.1, -0.05) is 24.3 Å². The molecular formula is C19H22N2O2. The highest BCUT2D eigenvalue weighted by Crippen LogP contribution is 2.20. The van der Waals surface area contributed by atoms with E-state index in [2.05, 4.69) is 47.7 Å². The van der Waals surface area contributed by atoms with Gasteiger partial charge in [0.05, 0.1) is 17.6 Å². The molecule has 0 amide bonds. The first-order chi connectivity index (χ1) is 11.2. The minimum Gasteiger partial charge on any atom is -0.491 e. The molecule has 4 nitrogen and oxygen atoms in total. The van der Waals surface area contributed by atoms with Gasteiger partial charge < -0.3 is 14.0 Å². The van der Waals surface area contributed by atoms with Crippen LogP contribution in [0.5, 0.6) is 5.75 Å². The first kappa shape index (κ1) is 15.6. The van der Waals surface area contributed by atoms with E-state index in [1.165, 1.54) is 5.56 Å². The number of rotatable bonds is 6. The molecule has 3 rings (SSSR count). The molecule has 0 bridgehead atoms. The number of hydrogen-bond acceptors (Lipinski definition) is 3. The maximum atomic E-state index is 5.98. The van der Waals surface area contributed by atoms with E-state index < -0.39 is 0 Å². The Balaban J connectivity index is 1.78. The second kappa shape index (κ2) is 6.84. The lowest BCUT2D eigenvalue weighted by molar-refractivity contribution is 0.173. The molecule has 23 heavy (non-hydrogen) atoms. The molecule has 0 N–H and O–H groups in total. The first-order valence-corrected chi connectivity index (χ1v) is 7.82. The number of methoxy groups -OCH3 is 1. The van der Waals surface area contributed by atoms with Crippen molar-refractivity contribution in [3.63, 3.8) is 0 Å². The molecule has 1 heterocycles. The molecule has 0 aliphatic carbocycles. The van der Waals surface area contributed by atoms with E-state index in [1.54, 1.807) is 7.11 Å². The smallest absolute Gasteiger partial charge is 0.136 e. The predicted molar refractivity (Wildman–Crippen MR) is 91.9 cm³/mol. The van der Waals surface area contributed by atoms with E-state index in [0.717, 1.165) is 34.7 Å². The van der Waals surface area contributed by atoms with Crippen molar-refractivity contribution >= 4 is 11.0 Å². The van der Waals surface area contributed by atoms with E-state index in [4.69, 9.17) is 9.47 Å². The third kappa shape index (κ3) is 3.37. The Kier molecular flexibility index (Phi) is 4.63. The number of imidazole rings is 1. The van der Waals surface area contributed by atoms with Crippen LogP contribution in [0.2, 0.25) is 0 Å². The molecule has 0 aliphatic rings. The van der Waals surface area contributed by atoms with Crippen LogP contribution in [-0.4, -0.2) is 23.3 Å². The van der Waals surface area contributed by atoms with E-state index in [1.807, 2.05) is 18.2 Å². The number of aryl methyl sites for hydroxylation is 2. The molecule has 4 heteroatoms. The molecule has 0 atom stereocenters. The standard InChI is InChI=1S/C19H22N2O2/c1-14-8-9-15(2)18(12-14)23-11-10-21-17-7-5-4-6-16(17)20-19(21)13-22-3/h4-9,12H,10-11,13H2,1-3H3. The minimum absolute atomic E-state index is 0.498. The fourth-order valence-electron chi connectivity index (χ4n) is 2.72. The Labute approximate surface area is 136 Å². The molecule has 0 saturated carbocycles. The fraction of sp³-hybridized carbons (Fsp3) is 0.316. The molecule has 0 radical (unpaired) electrons. The Bertz CT molecular complexity index is 808. The van der Waals surface area contributed by atoms with Gasteiger partial charge in [-0.25, -0.2) is 4.98 Å². The van der Waals surface area contributed by atoms with Crippen LogP contribution in [0, 0.1) is 13.8 Å². The maximum Gasteiger partial charge on any atom is 0.136 e. The van der Waals surface area contributed by atoms with Gasteiger partial charge >= 0.3 is 0 Å². The number of ether oxygens (including phenoxy) is 2. The summed E-state index contributed by atoms with van der Waals surface area (Å²) in [5.74, 6) is 1.88. The van der Waals surface area contributed by atoms with Gasteiger partial charge in [0.15, 0.2) is 0 Å². The molecule has 0 spiro atoms. The van der Waals surface area contributed by atoms with Crippen molar-refractivity contribution in [2.75, 3.05) is 13.7 Å². The van der Waals surface area contributed by atoms with Gasteiger partial charge in [0.2, 0.25) is 0 Å². The highest BCUT2D eigenvalue weighted by molar-refractivity contribution is 5.75. The quantitative estimate of drug-likeness (QED) is 0.693. The normalized spacial score (nSPS) is 11.1. The van der Waals surface area contributed by atoms with Crippen molar-refractivity contribution in [3.8, 4) is 5.75 Å². The zero-order chi connectivity index (χ0) is 16.2. The predicted octanol–water partition coefficient (Wildman–Crippen LogP) is 3.88. The number of hydrogen-bond donors (Lipinski definition) is 0. The van der Waals surface area contributed by atoms with E-state index in [9.17, 15) is 0 Å². The van der Waals surface area contributed by atoms with Crippen LogP contribution in [0.3, 0.4) is 0 Å². The third-order valence-corrected chi connectivity index (χ3v) is 3.92. The highest BCUT2D eigenvalue weighted by Gasteiger charge is 2.10. The molecule has 1 aromatic heterocycles. The number of benzene rings is 2. The molecule has 0 fully saturated rings. The van der Waals surface area contributed by atoms with Crippen LogP contribution in [0.25, 0.3) is 11.0 Å². The number of para-hydroxylation sites is 2. The van der Waals surface area contributed by atoms with Crippen LogP contribution < -0.4 is 4.74 Å². The third-order valence-electron chi connectivity index (χ3n) is 3.92. The molecule has 2 aromatic carbocycles. The monoisotopic (exact) mass is 310 g/mol. The van der Waals surface area contributed by atoms with Crippen LogP contribution in [0.4, 0.5) is 0 Å². The largest absolute Gasteiger partial charge is 0.491 e. The van der Waals surface area contributed by atoms with Crippen molar-refractivity contribution in [3.05, 3.63) is 59.4 Å². The number of fused-ring (bicyclic) bond motifs is 1. The summed E-state index contributed by atoms with van der Waals surface area (Å²) in [7, 11) is 1.69. The summed E-state index contributed by atoms with van der Waals surface area (Å²) in [5, 5.41) is 0. The zero-order valence-corrected chi connectivity index (χ0v) is 13.9. The fourth-order valence-corrected chi connectivity index (χ4v) is 2.72. The van der Waals surface area contributed by atoms with Gasteiger partial charge in [-0.05, 0) is 43.2 Å². The zero-order valence-electron chi connectivity index (χ0n) is 13.9. The van der Waals surface area contributed by atoms with E-state index >= 15 is 0 Å². The molecular weight excluding hydrogens is 288 g/mol. The summed E-state index contributed by atoms with van der Waals surface area (Å²) in [6, 6.07) is 14.4. The minimum atomic E-state index is 0.498. The average molecular weight is 310 g/mol. The molecule has 0 aliphatic heterocycles. The lowest BCUT2D eigenvalue weighted by atomic mass is 10.1. The Hall–Kier alpha value is -2.33. The summed E-state index contributed by atoms with van der Waals surface area (Å²) >= 11 is 0. The van der Waals surface area contributed by atoms with Gasteiger partial charge in [-0.2, -0.15) is 0 Å². The average Bonchev–Trinajstić information content (AvgIpc) is 2.89. The Morgan fingerprint density at radius 3 is 2.74 bits per heavy atom. The maximum absolute atomic E-state index is 5.98. The lowest BCUT2D eigenvalue weighted by Crippen LogP contribution is -2.12. The SMILES string of the molecule is COCc1nc2ccccc2n1CCOc1cc(C)ccc1C. The van der Waals surface area contributed by atoms with Crippen LogP contribution >= 0.6 is 0 Å². The van der Waals surface area contributed by atoms with Gasteiger partial charge in [0.25, 0.3) is 0 Å². The number of nitrogens with zero attached hydrogens (tertiary/aromatic N) is 2. The van der Waals surface area contributed by atoms with Gasteiger partial charge in [0, 0.05) is 7.11 Å². The van der Waals surface area contributed by atoms with E-state index in [-0.39, 0.29) is 0 Å². The second-order valence-corrected chi connectivity index (χ2v) is 5.72. The van der Waals surface area contributed by atoms with Crippen LogP contribution in [0.1, 0.15) is 17.0 Å². The van der Waals surface area contributed by atoms with Crippen molar-refractivity contribution < 1.29 is 9.47 Å². The first-order valence-electron chi connectivity index (χ1n) is 7.82. The molecule has 0 unspecified atom stereocenters. The highest BCUT2D eigenvalue weighted by atomic mass is 16.5. The summed E-state index contributed by atoms with van der Waals surface area (Å²) < 4.78 is 13.4. The second-order valence-electron chi connectivity index (χ2n) is 5.72. The van der Waals surface area contributed by atoms with Crippen LogP contribution in [0.15, 0.2) is 42.5 Å².